The lowest BCUT2D eigenvalue weighted by Gasteiger charge is -2.30. The molecule has 2 N–H and O–H groups in total. The van der Waals surface area contributed by atoms with Crippen LogP contribution in [0.5, 0.6) is 5.75 Å². The van der Waals surface area contributed by atoms with Gasteiger partial charge in [0.1, 0.15) is 11.8 Å². The van der Waals surface area contributed by atoms with E-state index < -0.39 is 6.04 Å². The van der Waals surface area contributed by atoms with Crippen molar-refractivity contribution in [3.63, 3.8) is 0 Å². The molecular formula is C26H35N3O3. The molecule has 2 atom stereocenters. The summed E-state index contributed by atoms with van der Waals surface area (Å²) in [6.07, 6.45) is 2.57. The van der Waals surface area contributed by atoms with E-state index in [0.717, 1.165) is 31.2 Å². The molecule has 32 heavy (non-hydrogen) atoms. The van der Waals surface area contributed by atoms with Gasteiger partial charge in [-0.3, -0.25) is 14.5 Å². The second-order valence-electron chi connectivity index (χ2n) is 9.09. The molecule has 0 radical (unpaired) electrons. The van der Waals surface area contributed by atoms with Gasteiger partial charge in [0.25, 0.3) is 5.91 Å². The fourth-order valence-corrected chi connectivity index (χ4v) is 4.10. The smallest absolute Gasteiger partial charge is 0.251 e. The average Bonchev–Trinajstić information content (AvgIpc) is 2.78. The molecule has 1 aliphatic rings. The van der Waals surface area contributed by atoms with Gasteiger partial charge in [-0.2, -0.15) is 0 Å². The normalized spacial score (nSPS) is 17.6. The Balaban J connectivity index is 1.58. The second-order valence-corrected chi connectivity index (χ2v) is 9.09. The molecule has 0 aliphatic carbocycles. The van der Waals surface area contributed by atoms with Crippen molar-refractivity contribution in [3.8, 4) is 5.75 Å². The van der Waals surface area contributed by atoms with E-state index >= 15 is 0 Å². The predicted octanol–water partition coefficient (Wildman–Crippen LogP) is 4.32. The minimum atomic E-state index is -0.640. The van der Waals surface area contributed by atoms with Gasteiger partial charge in [-0.15, -0.1) is 0 Å². The fraction of sp³-hybridized carbons (Fsp3) is 0.462. The summed E-state index contributed by atoms with van der Waals surface area (Å²) in [5.41, 5.74) is 2.46. The summed E-state index contributed by atoms with van der Waals surface area (Å²) in [6, 6.07) is 14.2. The molecule has 2 unspecified atom stereocenters. The molecule has 0 spiro atoms. The molecule has 0 bridgehead atoms. The molecule has 1 saturated heterocycles. The van der Waals surface area contributed by atoms with Crippen LogP contribution in [0.3, 0.4) is 0 Å². The summed E-state index contributed by atoms with van der Waals surface area (Å²) in [6.45, 7) is 9.37. The van der Waals surface area contributed by atoms with Crippen LogP contribution in [0.4, 0.5) is 5.69 Å². The summed E-state index contributed by atoms with van der Waals surface area (Å²) < 4.78 is 5.13. The van der Waals surface area contributed by atoms with Gasteiger partial charge in [-0.25, -0.2) is 0 Å². The Morgan fingerprint density at radius 2 is 1.78 bits per heavy atom. The Hall–Kier alpha value is -2.86. The fourth-order valence-electron chi connectivity index (χ4n) is 4.10. The van der Waals surface area contributed by atoms with E-state index in [4.69, 9.17) is 4.74 Å². The van der Waals surface area contributed by atoms with Gasteiger partial charge in [-0.05, 0) is 73.2 Å². The van der Waals surface area contributed by atoms with E-state index in [9.17, 15) is 9.59 Å². The molecule has 1 heterocycles. The number of methoxy groups -OCH3 is 1. The van der Waals surface area contributed by atoms with Gasteiger partial charge in [0.05, 0.1) is 7.11 Å². The van der Waals surface area contributed by atoms with Crippen molar-refractivity contribution < 1.29 is 14.3 Å². The molecule has 6 nitrogen and oxygen atoms in total. The molecule has 0 aromatic heterocycles. The number of anilines is 1. The van der Waals surface area contributed by atoms with Crippen LogP contribution >= 0.6 is 0 Å². The number of rotatable bonds is 8. The summed E-state index contributed by atoms with van der Waals surface area (Å²) in [5, 5.41) is 5.81. The van der Waals surface area contributed by atoms with Gasteiger partial charge < -0.3 is 15.4 Å². The van der Waals surface area contributed by atoms with Gasteiger partial charge in [-0.1, -0.05) is 32.9 Å². The number of carbonyl (C=O) groups excluding carboxylic acids is 2. The molecule has 1 aliphatic heterocycles. The minimum Gasteiger partial charge on any atom is -0.497 e. The molecular weight excluding hydrogens is 402 g/mol. The van der Waals surface area contributed by atoms with E-state index in [-0.39, 0.29) is 17.7 Å². The van der Waals surface area contributed by atoms with Crippen molar-refractivity contribution in [2.75, 3.05) is 25.5 Å². The molecule has 2 aromatic carbocycles. The lowest BCUT2D eigenvalue weighted by atomic mass is 10.00. The highest BCUT2D eigenvalue weighted by atomic mass is 16.5. The Morgan fingerprint density at radius 1 is 1.09 bits per heavy atom. The van der Waals surface area contributed by atoms with Crippen LogP contribution in [0.25, 0.3) is 0 Å². The summed E-state index contributed by atoms with van der Waals surface area (Å²) in [4.78, 5) is 28.0. The lowest BCUT2D eigenvalue weighted by molar-refractivity contribution is -0.118. The molecule has 172 valence electrons. The first-order valence-corrected chi connectivity index (χ1v) is 11.4. The number of likely N-dealkylation sites (tertiary alicyclic amines) is 1. The average molecular weight is 438 g/mol. The van der Waals surface area contributed by atoms with Crippen LogP contribution in [0, 0.1) is 11.8 Å². The van der Waals surface area contributed by atoms with Crippen molar-refractivity contribution in [1.29, 1.82) is 0 Å². The zero-order chi connectivity index (χ0) is 23.1. The monoisotopic (exact) mass is 437 g/mol. The van der Waals surface area contributed by atoms with Crippen molar-refractivity contribution in [3.05, 3.63) is 59.7 Å². The molecule has 6 heteroatoms. The number of nitrogens with one attached hydrogen (secondary N) is 2. The molecule has 1 fully saturated rings. The summed E-state index contributed by atoms with van der Waals surface area (Å²) in [5.74, 6) is 0.867. The van der Waals surface area contributed by atoms with Crippen LogP contribution < -0.4 is 15.4 Å². The maximum atomic E-state index is 12.9. The second kappa shape index (κ2) is 11.1. The number of carbonyl (C=O) groups is 2. The van der Waals surface area contributed by atoms with Gasteiger partial charge in [0, 0.05) is 24.3 Å². The first-order valence-electron chi connectivity index (χ1n) is 11.4. The van der Waals surface area contributed by atoms with E-state index in [1.54, 1.807) is 31.4 Å². The molecule has 2 aromatic rings. The molecule has 3 rings (SSSR count). The SMILES string of the molecule is COc1ccc(C(=O)NC(C(=O)Nc2ccc(CN3CCCC(C)C3)cc2)C(C)C)cc1. The van der Waals surface area contributed by atoms with Crippen LogP contribution in [-0.2, 0) is 11.3 Å². The maximum Gasteiger partial charge on any atom is 0.251 e. The number of benzene rings is 2. The third-order valence-electron chi connectivity index (χ3n) is 5.96. The van der Waals surface area contributed by atoms with Crippen molar-refractivity contribution in [1.82, 2.24) is 10.2 Å². The topological polar surface area (TPSA) is 70.7 Å². The predicted molar refractivity (Wildman–Crippen MR) is 128 cm³/mol. The zero-order valence-electron chi connectivity index (χ0n) is 19.6. The number of hydrogen-bond donors (Lipinski definition) is 2. The van der Waals surface area contributed by atoms with Crippen molar-refractivity contribution >= 4 is 17.5 Å². The van der Waals surface area contributed by atoms with Crippen molar-refractivity contribution in [2.45, 2.75) is 46.2 Å². The summed E-state index contributed by atoms with van der Waals surface area (Å²) in [7, 11) is 1.58. The summed E-state index contributed by atoms with van der Waals surface area (Å²) >= 11 is 0. The third-order valence-corrected chi connectivity index (χ3v) is 5.96. The highest BCUT2D eigenvalue weighted by molar-refractivity contribution is 6.01. The minimum absolute atomic E-state index is 0.0578. The van der Waals surface area contributed by atoms with Gasteiger partial charge >= 0.3 is 0 Å². The van der Waals surface area contributed by atoms with E-state index in [1.165, 1.54) is 18.4 Å². The Bertz CT molecular complexity index is 894. The van der Waals surface area contributed by atoms with E-state index in [0.29, 0.717) is 11.3 Å². The quantitative estimate of drug-likeness (QED) is 0.645. The van der Waals surface area contributed by atoms with Gasteiger partial charge in [0.15, 0.2) is 0 Å². The van der Waals surface area contributed by atoms with Crippen LogP contribution in [0.2, 0.25) is 0 Å². The van der Waals surface area contributed by atoms with Crippen LogP contribution in [-0.4, -0.2) is 43.0 Å². The standard InChI is InChI=1S/C26H35N3O3/c1-18(2)24(28-25(30)21-9-13-23(32-4)14-10-21)26(31)27-22-11-7-20(8-12-22)17-29-15-5-6-19(3)16-29/h7-14,18-19,24H,5-6,15-17H2,1-4H3,(H,27,31)(H,28,30). The number of piperidine rings is 1. The first kappa shape index (κ1) is 23.8. The highest BCUT2D eigenvalue weighted by Crippen LogP contribution is 2.19. The number of amides is 2. The van der Waals surface area contributed by atoms with E-state index in [1.807, 2.05) is 26.0 Å². The van der Waals surface area contributed by atoms with Crippen LogP contribution in [0.15, 0.2) is 48.5 Å². The molecule has 0 saturated carbocycles. The lowest BCUT2D eigenvalue weighted by Crippen LogP contribution is -2.47. The number of nitrogens with zero attached hydrogens (tertiary/aromatic N) is 1. The Morgan fingerprint density at radius 3 is 2.38 bits per heavy atom. The largest absolute Gasteiger partial charge is 0.497 e. The van der Waals surface area contributed by atoms with E-state index in [2.05, 4.69) is 34.6 Å². The van der Waals surface area contributed by atoms with Gasteiger partial charge in [0.2, 0.25) is 5.91 Å². The number of ether oxygens (including phenoxy) is 1. The highest BCUT2D eigenvalue weighted by Gasteiger charge is 2.25. The zero-order valence-corrected chi connectivity index (χ0v) is 19.6. The Labute approximate surface area is 191 Å². The Kier molecular flexibility index (Phi) is 8.28. The van der Waals surface area contributed by atoms with Crippen molar-refractivity contribution in [2.24, 2.45) is 11.8 Å². The third kappa shape index (κ3) is 6.57. The number of hydrogen-bond acceptors (Lipinski definition) is 4. The maximum absolute atomic E-state index is 12.9. The molecule has 2 amide bonds. The van der Waals surface area contributed by atoms with Crippen LogP contribution in [0.1, 0.15) is 49.5 Å². The first-order chi connectivity index (χ1) is 15.4.